The van der Waals surface area contributed by atoms with Crippen molar-refractivity contribution >= 4 is 15.7 Å². The van der Waals surface area contributed by atoms with E-state index in [2.05, 4.69) is 22.1 Å². The van der Waals surface area contributed by atoms with Gasteiger partial charge in [-0.3, -0.25) is 4.79 Å². The van der Waals surface area contributed by atoms with Crippen molar-refractivity contribution in [3.63, 3.8) is 0 Å². The van der Waals surface area contributed by atoms with Crippen LogP contribution in [0.25, 0.3) is 0 Å². The fraction of sp³-hybridized carbons (Fsp3) is 0.429. The van der Waals surface area contributed by atoms with Crippen LogP contribution < -0.4 is 5.32 Å². The number of sulfone groups is 1. The number of pyridine rings is 1. The second-order valence-corrected chi connectivity index (χ2v) is 7.02. The average molecular weight is 308 g/mol. The van der Waals surface area contributed by atoms with E-state index in [4.69, 9.17) is 5.11 Å². The van der Waals surface area contributed by atoms with Gasteiger partial charge in [0.25, 0.3) is 5.91 Å². The summed E-state index contributed by atoms with van der Waals surface area (Å²) in [5.41, 5.74) is 0.545. The van der Waals surface area contributed by atoms with Crippen LogP contribution in [0.15, 0.2) is 18.3 Å². The quantitative estimate of drug-likeness (QED) is 0.733. The topological polar surface area (TPSA) is 96.4 Å². The Balaban J connectivity index is 2.14. The standard InChI is InChI=1S/C14H16N2O4S/c17-8-2-5-11-4-1-7-15-13(11)14(18)16-12-6-3-9-21(19,20)10-12/h1,4,7,12,17H,3,6,8-10H2,(H,16,18). The minimum Gasteiger partial charge on any atom is -0.384 e. The van der Waals surface area contributed by atoms with Gasteiger partial charge in [-0.15, -0.1) is 0 Å². The molecule has 21 heavy (non-hydrogen) atoms. The minimum absolute atomic E-state index is 0.0385. The zero-order valence-corrected chi connectivity index (χ0v) is 12.2. The van der Waals surface area contributed by atoms with Crippen LogP contribution in [0.2, 0.25) is 0 Å². The van der Waals surface area contributed by atoms with Gasteiger partial charge >= 0.3 is 0 Å². The summed E-state index contributed by atoms with van der Waals surface area (Å²) in [4.78, 5) is 16.2. The maximum Gasteiger partial charge on any atom is 0.271 e. The number of hydrogen-bond acceptors (Lipinski definition) is 5. The Morgan fingerprint density at radius 3 is 3.05 bits per heavy atom. The van der Waals surface area contributed by atoms with Crippen LogP contribution in [0.5, 0.6) is 0 Å². The number of nitrogens with zero attached hydrogens (tertiary/aromatic N) is 1. The summed E-state index contributed by atoms with van der Waals surface area (Å²) in [6, 6.07) is 2.88. The van der Waals surface area contributed by atoms with Crippen molar-refractivity contribution in [2.45, 2.75) is 18.9 Å². The minimum atomic E-state index is -3.08. The van der Waals surface area contributed by atoms with Gasteiger partial charge < -0.3 is 10.4 Å². The van der Waals surface area contributed by atoms with E-state index in [-0.39, 0.29) is 23.8 Å². The first-order chi connectivity index (χ1) is 10.0. The van der Waals surface area contributed by atoms with Crippen LogP contribution in [0.1, 0.15) is 28.9 Å². The van der Waals surface area contributed by atoms with E-state index < -0.39 is 21.8 Å². The first kappa shape index (κ1) is 15.5. The molecule has 1 aromatic heterocycles. The van der Waals surface area contributed by atoms with E-state index in [0.717, 1.165) is 0 Å². The van der Waals surface area contributed by atoms with E-state index in [1.54, 1.807) is 12.1 Å². The van der Waals surface area contributed by atoms with Crippen LogP contribution in [0.4, 0.5) is 0 Å². The Hall–Kier alpha value is -1.91. The molecule has 1 amide bonds. The Morgan fingerprint density at radius 1 is 1.52 bits per heavy atom. The van der Waals surface area contributed by atoms with Crippen molar-refractivity contribution in [3.8, 4) is 11.8 Å². The zero-order chi connectivity index (χ0) is 15.3. The van der Waals surface area contributed by atoms with Crippen molar-refractivity contribution < 1.29 is 18.3 Å². The maximum absolute atomic E-state index is 12.2. The molecule has 0 aromatic carbocycles. The second-order valence-electron chi connectivity index (χ2n) is 4.79. The molecule has 1 aromatic rings. The van der Waals surface area contributed by atoms with Crippen LogP contribution in [0.3, 0.4) is 0 Å². The van der Waals surface area contributed by atoms with E-state index in [1.807, 2.05) is 0 Å². The first-order valence-corrected chi connectivity index (χ1v) is 8.40. The fourth-order valence-electron chi connectivity index (χ4n) is 2.21. The molecule has 0 spiro atoms. The predicted octanol–water partition coefficient (Wildman–Crippen LogP) is -0.268. The van der Waals surface area contributed by atoms with Crippen LogP contribution in [-0.2, 0) is 9.84 Å². The lowest BCUT2D eigenvalue weighted by Gasteiger charge is -2.22. The van der Waals surface area contributed by atoms with Crippen LogP contribution >= 0.6 is 0 Å². The van der Waals surface area contributed by atoms with Crippen molar-refractivity contribution in [1.29, 1.82) is 0 Å². The van der Waals surface area contributed by atoms with E-state index >= 15 is 0 Å². The molecule has 1 aliphatic rings. The van der Waals surface area contributed by atoms with Crippen molar-refractivity contribution in [2.75, 3.05) is 18.1 Å². The molecule has 1 unspecified atom stereocenters. The van der Waals surface area contributed by atoms with Gasteiger partial charge in [-0.05, 0) is 25.0 Å². The van der Waals surface area contributed by atoms with Gasteiger partial charge in [-0.1, -0.05) is 11.8 Å². The highest BCUT2D eigenvalue weighted by molar-refractivity contribution is 7.91. The van der Waals surface area contributed by atoms with Gasteiger partial charge in [-0.2, -0.15) is 0 Å². The summed E-state index contributed by atoms with van der Waals surface area (Å²) < 4.78 is 23.1. The summed E-state index contributed by atoms with van der Waals surface area (Å²) in [7, 11) is -3.08. The number of amides is 1. The van der Waals surface area contributed by atoms with E-state index in [1.165, 1.54) is 6.20 Å². The highest BCUT2D eigenvalue weighted by Crippen LogP contribution is 2.13. The van der Waals surface area contributed by atoms with E-state index in [0.29, 0.717) is 18.4 Å². The highest BCUT2D eigenvalue weighted by atomic mass is 32.2. The molecule has 0 bridgehead atoms. The normalized spacial score (nSPS) is 20.1. The van der Waals surface area contributed by atoms with Gasteiger partial charge in [0, 0.05) is 12.2 Å². The number of hydrogen-bond donors (Lipinski definition) is 2. The molecule has 0 radical (unpaired) electrons. The number of carbonyl (C=O) groups excluding carboxylic acids is 1. The number of aliphatic hydroxyl groups excluding tert-OH is 1. The number of nitrogens with one attached hydrogen (secondary N) is 1. The van der Waals surface area contributed by atoms with E-state index in [9.17, 15) is 13.2 Å². The fourth-order valence-corrected chi connectivity index (χ4v) is 3.85. The van der Waals surface area contributed by atoms with Gasteiger partial charge in [-0.25, -0.2) is 13.4 Å². The monoisotopic (exact) mass is 308 g/mol. The second kappa shape index (κ2) is 6.70. The van der Waals surface area contributed by atoms with Gasteiger partial charge in [0.2, 0.25) is 0 Å². The third kappa shape index (κ3) is 4.28. The molecule has 0 saturated carbocycles. The zero-order valence-electron chi connectivity index (χ0n) is 11.4. The highest BCUT2D eigenvalue weighted by Gasteiger charge is 2.26. The van der Waals surface area contributed by atoms with Crippen LogP contribution in [-0.4, -0.2) is 48.6 Å². The maximum atomic E-state index is 12.2. The SMILES string of the molecule is O=C(NC1CCCS(=O)(=O)C1)c1ncccc1C#CCO. The molecule has 2 N–H and O–H groups in total. The number of aliphatic hydroxyl groups is 1. The Bertz CT molecular complexity index is 688. The number of aromatic nitrogens is 1. The molecule has 1 fully saturated rings. The number of rotatable bonds is 2. The van der Waals surface area contributed by atoms with Crippen molar-refractivity contribution in [3.05, 3.63) is 29.6 Å². The molecule has 2 heterocycles. The Labute approximate surface area is 123 Å². The average Bonchev–Trinajstić information content (AvgIpc) is 2.44. The molecule has 1 atom stereocenters. The summed E-state index contributed by atoms with van der Waals surface area (Å²) in [5, 5.41) is 11.4. The summed E-state index contributed by atoms with van der Waals surface area (Å²) in [5.74, 6) is 4.82. The van der Waals surface area contributed by atoms with Crippen molar-refractivity contribution in [2.24, 2.45) is 0 Å². The lowest BCUT2D eigenvalue weighted by Crippen LogP contribution is -2.43. The van der Waals surface area contributed by atoms with Gasteiger partial charge in [0.05, 0.1) is 17.1 Å². The lowest BCUT2D eigenvalue weighted by atomic mass is 10.1. The summed E-state index contributed by atoms with van der Waals surface area (Å²) in [6.07, 6.45) is 2.65. The summed E-state index contributed by atoms with van der Waals surface area (Å²) in [6.45, 7) is -0.309. The lowest BCUT2D eigenvalue weighted by molar-refractivity contribution is 0.0933. The molecular formula is C14H16N2O4S. The molecular weight excluding hydrogens is 292 g/mol. The summed E-state index contributed by atoms with van der Waals surface area (Å²) >= 11 is 0. The molecule has 1 saturated heterocycles. The Morgan fingerprint density at radius 2 is 2.33 bits per heavy atom. The number of carbonyl (C=O) groups is 1. The smallest absolute Gasteiger partial charge is 0.271 e. The van der Waals surface area contributed by atoms with Gasteiger partial charge in [0.1, 0.15) is 12.3 Å². The molecule has 1 aliphatic heterocycles. The largest absolute Gasteiger partial charge is 0.384 e. The molecule has 6 nitrogen and oxygen atoms in total. The third-order valence-electron chi connectivity index (χ3n) is 3.12. The first-order valence-electron chi connectivity index (χ1n) is 6.58. The third-order valence-corrected chi connectivity index (χ3v) is 4.94. The molecule has 2 rings (SSSR count). The van der Waals surface area contributed by atoms with Crippen LogP contribution in [0, 0.1) is 11.8 Å². The predicted molar refractivity (Wildman–Crippen MR) is 77.3 cm³/mol. The van der Waals surface area contributed by atoms with Gasteiger partial charge in [0.15, 0.2) is 9.84 Å². The molecule has 7 heteroatoms. The molecule has 112 valence electrons. The molecule has 0 aliphatic carbocycles. The Kier molecular flexibility index (Phi) is 4.94. The van der Waals surface area contributed by atoms with Crippen molar-refractivity contribution in [1.82, 2.24) is 10.3 Å².